The van der Waals surface area contributed by atoms with Gasteiger partial charge in [-0.3, -0.25) is 0 Å². The van der Waals surface area contributed by atoms with E-state index in [-0.39, 0.29) is 24.4 Å². The van der Waals surface area contributed by atoms with Crippen LogP contribution in [0.15, 0.2) is 0 Å². The highest BCUT2D eigenvalue weighted by Gasteiger charge is 2.36. The lowest BCUT2D eigenvalue weighted by atomic mass is 10.2. The molecule has 3 unspecified atom stereocenters. The fraction of sp³-hybridized carbons (Fsp3) is 0.833. The van der Waals surface area contributed by atoms with E-state index in [1.807, 2.05) is 0 Å². The molecule has 2 aliphatic heterocycles. The van der Waals surface area contributed by atoms with Crippen LogP contribution in [-0.4, -0.2) is 73.8 Å². The lowest BCUT2D eigenvalue weighted by Gasteiger charge is -2.32. The molecule has 2 amide bonds. The van der Waals surface area contributed by atoms with Crippen molar-refractivity contribution < 1.29 is 27.9 Å². The molecule has 0 saturated carbocycles. The first-order valence-corrected chi connectivity index (χ1v) is 8.92. The predicted octanol–water partition coefficient (Wildman–Crippen LogP) is -0.553. The lowest BCUT2D eigenvalue weighted by molar-refractivity contribution is -0.139. The quantitative estimate of drug-likeness (QED) is 0.702. The number of amides is 2. The number of hydrogen-bond donors (Lipinski definition) is 2. The third kappa shape index (κ3) is 4.57. The topological polar surface area (TPSA) is 113 Å². The standard InChI is InChI=1S/C12H20N2O6S/c1-21(18,19)5-4-10(11(15)16)13-12(17)14-6-8-2-3-9(7-14)20-8/h8-10H,2-7H2,1H3,(H,13,17)(H,15,16). The molecule has 2 fully saturated rings. The first-order valence-electron chi connectivity index (χ1n) is 6.86. The number of carboxylic acids is 1. The fourth-order valence-electron chi connectivity index (χ4n) is 2.61. The van der Waals surface area contributed by atoms with Crippen LogP contribution in [0.1, 0.15) is 19.3 Å². The number of rotatable bonds is 5. The number of morpholine rings is 1. The molecule has 2 aliphatic rings. The van der Waals surface area contributed by atoms with Gasteiger partial charge in [-0.1, -0.05) is 0 Å². The maximum absolute atomic E-state index is 12.1. The second kappa shape index (κ2) is 6.18. The van der Waals surface area contributed by atoms with Crippen molar-refractivity contribution in [2.24, 2.45) is 0 Å². The molecule has 3 atom stereocenters. The smallest absolute Gasteiger partial charge is 0.326 e. The van der Waals surface area contributed by atoms with Crippen molar-refractivity contribution in [1.82, 2.24) is 10.2 Å². The molecule has 2 heterocycles. The average Bonchev–Trinajstić information content (AvgIpc) is 2.71. The Morgan fingerprint density at radius 2 is 1.90 bits per heavy atom. The zero-order chi connectivity index (χ0) is 15.6. The van der Waals surface area contributed by atoms with Crippen LogP contribution < -0.4 is 5.32 Å². The summed E-state index contributed by atoms with van der Waals surface area (Å²) in [6.45, 7) is 0.890. The van der Waals surface area contributed by atoms with E-state index in [0.29, 0.717) is 13.1 Å². The van der Waals surface area contributed by atoms with Crippen molar-refractivity contribution in [2.45, 2.75) is 37.5 Å². The Labute approximate surface area is 123 Å². The van der Waals surface area contributed by atoms with Crippen LogP contribution in [0.2, 0.25) is 0 Å². The van der Waals surface area contributed by atoms with Crippen molar-refractivity contribution in [3.63, 3.8) is 0 Å². The third-order valence-electron chi connectivity index (χ3n) is 3.70. The molecule has 0 aromatic rings. The Balaban J connectivity index is 1.90. The van der Waals surface area contributed by atoms with Crippen LogP contribution >= 0.6 is 0 Å². The zero-order valence-electron chi connectivity index (χ0n) is 11.8. The average molecular weight is 320 g/mol. The first-order chi connectivity index (χ1) is 9.74. The Morgan fingerprint density at radius 1 is 1.33 bits per heavy atom. The molecule has 8 nitrogen and oxygen atoms in total. The van der Waals surface area contributed by atoms with Gasteiger partial charge in [0.05, 0.1) is 18.0 Å². The molecule has 0 radical (unpaired) electrons. The summed E-state index contributed by atoms with van der Waals surface area (Å²) in [7, 11) is -3.27. The predicted molar refractivity (Wildman–Crippen MR) is 73.8 cm³/mol. The largest absolute Gasteiger partial charge is 0.480 e. The van der Waals surface area contributed by atoms with Crippen LogP contribution in [0.3, 0.4) is 0 Å². The van der Waals surface area contributed by atoms with E-state index in [2.05, 4.69) is 5.32 Å². The number of urea groups is 1. The zero-order valence-corrected chi connectivity index (χ0v) is 12.6. The van der Waals surface area contributed by atoms with E-state index >= 15 is 0 Å². The molecular formula is C12H20N2O6S. The van der Waals surface area contributed by atoms with Gasteiger partial charge in [-0.2, -0.15) is 0 Å². The van der Waals surface area contributed by atoms with Crippen molar-refractivity contribution in [3.05, 3.63) is 0 Å². The molecule has 2 rings (SSSR count). The van der Waals surface area contributed by atoms with E-state index in [1.165, 1.54) is 0 Å². The van der Waals surface area contributed by atoms with Gasteiger partial charge in [-0.05, 0) is 19.3 Å². The maximum Gasteiger partial charge on any atom is 0.326 e. The van der Waals surface area contributed by atoms with Gasteiger partial charge in [-0.25, -0.2) is 18.0 Å². The number of fused-ring (bicyclic) bond motifs is 2. The molecule has 2 bridgehead atoms. The number of ether oxygens (including phenoxy) is 1. The molecule has 0 aliphatic carbocycles. The molecule has 0 aromatic heterocycles. The molecule has 120 valence electrons. The number of aliphatic carboxylic acids is 1. The van der Waals surface area contributed by atoms with Crippen molar-refractivity contribution >= 4 is 21.8 Å². The molecule has 2 N–H and O–H groups in total. The summed E-state index contributed by atoms with van der Waals surface area (Å²) in [6.07, 6.45) is 2.75. The number of carboxylic acid groups (broad SMARTS) is 1. The van der Waals surface area contributed by atoms with E-state index in [4.69, 9.17) is 9.84 Å². The summed E-state index contributed by atoms with van der Waals surface area (Å²) in [5.41, 5.74) is 0. The van der Waals surface area contributed by atoms with Crippen LogP contribution in [0.5, 0.6) is 0 Å². The summed E-state index contributed by atoms with van der Waals surface area (Å²) in [4.78, 5) is 24.8. The number of nitrogens with one attached hydrogen (secondary N) is 1. The summed E-state index contributed by atoms with van der Waals surface area (Å²) in [6, 6.07) is -1.68. The SMILES string of the molecule is CS(=O)(=O)CCC(NC(=O)N1CC2CCC(C1)O2)C(=O)O. The molecular weight excluding hydrogens is 300 g/mol. The number of sulfone groups is 1. The number of carbonyl (C=O) groups excluding carboxylic acids is 1. The van der Waals surface area contributed by atoms with Gasteiger partial charge in [0.1, 0.15) is 15.9 Å². The normalized spacial score (nSPS) is 26.4. The summed E-state index contributed by atoms with van der Waals surface area (Å²) < 4.78 is 27.8. The highest BCUT2D eigenvalue weighted by Crippen LogP contribution is 2.26. The minimum absolute atomic E-state index is 0.0220. The molecule has 21 heavy (non-hydrogen) atoms. The molecule has 0 spiro atoms. The lowest BCUT2D eigenvalue weighted by Crippen LogP contribution is -2.53. The van der Waals surface area contributed by atoms with Crippen LogP contribution in [0.25, 0.3) is 0 Å². The van der Waals surface area contributed by atoms with Crippen molar-refractivity contribution in [3.8, 4) is 0 Å². The summed E-state index contributed by atoms with van der Waals surface area (Å²) >= 11 is 0. The number of carbonyl (C=O) groups is 2. The Bertz CT molecular complexity index is 508. The van der Waals surface area contributed by atoms with E-state index in [9.17, 15) is 18.0 Å². The third-order valence-corrected chi connectivity index (χ3v) is 4.68. The van der Waals surface area contributed by atoms with Gasteiger partial charge in [-0.15, -0.1) is 0 Å². The van der Waals surface area contributed by atoms with E-state index < -0.39 is 27.9 Å². The highest BCUT2D eigenvalue weighted by molar-refractivity contribution is 7.90. The minimum atomic E-state index is -3.27. The molecule has 9 heteroatoms. The van der Waals surface area contributed by atoms with Crippen LogP contribution in [0, 0.1) is 0 Å². The van der Waals surface area contributed by atoms with Gasteiger partial charge >= 0.3 is 12.0 Å². The number of hydrogen-bond acceptors (Lipinski definition) is 5. The van der Waals surface area contributed by atoms with Crippen LogP contribution in [-0.2, 0) is 19.4 Å². The van der Waals surface area contributed by atoms with Gasteiger partial charge in [0.15, 0.2) is 0 Å². The van der Waals surface area contributed by atoms with Gasteiger partial charge < -0.3 is 20.1 Å². The highest BCUT2D eigenvalue weighted by atomic mass is 32.2. The van der Waals surface area contributed by atoms with E-state index in [1.54, 1.807) is 4.90 Å². The fourth-order valence-corrected chi connectivity index (χ4v) is 3.27. The maximum atomic E-state index is 12.1. The second-order valence-corrected chi connectivity index (χ2v) is 7.88. The van der Waals surface area contributed by atoms with Gasteiger partial charge in [0, 0.05) is 19.3 Å². The van der Waals surface area contributed by atoms with E-state index in [0.717, 1.165) is 19.1 Å². The van der Waals surface area contributed by atoms with Crippen LogP contribution in [0.4, 0.5) is 4.79 Å². The minimum Gasteiger partial charge on any atom is -0.480 e. The Morgan fingerprint density at radius 3 is 2.38 bits per heavy atom. The monoisotopic (exact) mass is 320 g/mol. The first kappa shape index (κ1) is 16.0. The van der Waals surface area contributed by atoms with Gasteiger partial charge in [0.2, 0.25) is 0 Å². The van der Waals surface area contributed by atoms with Crippen molar-refractivity contribution in [1.29, 1.82) is 0 Å². The number of nitrogens with zero attached hydrogens (tertiary/aromatic N) is 1. The van der Waals surface area contributed by atoms with Gasteiger partial charge in [0.25, 0.3) is 0 Å². The second-order valence-electron chi connectivity index (χ2n) is 5.62. The Hall–Kier alpha value is -1.35. The Kier molecular flexibility index (Phi) is 4.72. The molecule has 2 saturated heterocycles. The number of likely N-dealkylation sites (tertiary alicyclic amines) is 1. The summed E-state index contributed by atoms with van der Waals surface area (Å²) in [5.74, 6) is -1.51. The summed E-state index contributed by atoms with van der Waals surface area (Å²) in [5, 5.41) is 11.5. The molecule has 0 aromatic carbocycles. The van der Waals surface area contributed by atoms with Crippen molar-refractivity contribution in [2.75, 3.05) is 25.1 Å².